The Morgan fingerprint density at radius 1 is 0.538 bits per heavy atom. The Hall–Kier alpha value is -7.94. The van der Waals surface area contributed by atoms with E-state index in [1.165, 1.54) is 11.8 Å². The van der Waals surface area contributed by atoms with E-state index in [-0.39, 0.29) is 58.3 Å². The number of rotatable bonds is 5. The van der Waals surface area contributed by atoms with E-state index in [4.69, 9.17) is 19.7 Å². The van der Waals surface area contributed by atoms with Crippen LogP contribution in [0.1, 0.15) is 135 Å². The van der Waals surface area contributed by atoms with Gasteiger partial charge in [0.2, 0.25) is 0 Å². The first kappa shape index (κ1) is 46.6. The normalized spacial score (nSPS) is 14.0. The van der Waals surface area contributed by atoms with Gasteiger partial charge in [-0.3, -0.25) is 33.6 Å². The molecule has 1 fully saturated rings. The number of ketones is 5. The molecule has 4 aliphatic carbocycles. The van der Waals surface area contributed by atoms with Crippen LogP contribution in [-0.4, -0.2) is 56.8 Å². The number of aromatic carboxylic acids is 1. The number of hydrogen-bond donors (Lipinski definition) is 5. The fourth-order valence-corrected chi connectivity index (χ4v) is 7.24. The number of carbonyl (C=O) groups excluding carboxylic acids is 7. The molecule has 0 radical (unpaired) electrons. The Labute approximate surface area is 373 Å². The number of hydrogen-bond acceptors (Lipinski definition) is 11. The predicted octanol–water partition coefficient (Wildman–Crippen LogP) is 8.67. The largest absolute Gasteiger partial charge is 0.478 e. The van der Waals surface area contributed by atoms with E-state index in [0.29, 0.717) is 90.8 Å². The van der Waals surface area contributed by atoms with Crippen LogP contribution in [0.3, 0.4) is 0 Å². The zero-order valence-electron chi connectivity index (χ0n) is 36.1. The maximum absolute atomic E-state index is 12.2. The van der Waals surface area contributed by atoms with Crippen LogP contribution in [0.25, 0.3) is 0 Å². The number of carboxylic acids is 1. The summed E-state index contributed by atoms with van der Waals surface area (Å²) in [5.41, 5.74) is 14.1. The molecule has 3 heterocycles. The number of Topliss-reactive ketones (excluding diaryl/α,β-unsaturated/α-hetero) is 5. The van der Waals surface area contributed by atoms with Gasteiger partial charge in [0, 0.05) is 73.9 Å². The number of aromatic amines is 1. The number of amides is 2. The number of carbonyl (C=O) groups is 8. The Morgan fingerprint density at radius 3 is 1.40 bits per heavy atom. The number of aromatic nitrogens is 1. The Kier molecular flexibility index (Phi) is 15.0. The first-order valence-electron chi connectivity index (χ1n) is 20.9. The lowest BCUT2D eigenvalue weighted by molar-refractivity contribution is -0.121. The third kappa shape index (κ3) is 12.0. The topological polar surface area (TPSA) is 249 Å². The van der Waals surface area contributed by atoms with Gasteiger partial charge in [-0.2, -0.15) is 0 Å². The third-order valence-corrected chi connectivity index (χ3v) is 10.8. The summed E-state index contributed by atoms with van der Waals surface area (Å²) < 4.78 is 10.2. The highest BCUT2D eigenvalue weighted by molar-refractivity contribution is 6.15. The second-order valence-electron chi connectivity index (χ2n) is 15.8. The van der Waals surface area contributed by atoms with E-state index < -0.39 is 5.97 Å². The summed E-state index contributed by atoms with van der Waals surface area (Å²) in [6, 6.07) is 22.8. The highest BCUT2D eigenvalue weighted by Gasteiger charge is 2.31. The van der Waals surface area contributed by atoms with Gasteiger partial charge in [-0.1, -0.05) is 53.1 Å². The monoisotopic (exact) mass is 880 g/mol. The van der Waals surface area contributed by atoms with Gasteiger partial charge in [-0.25, -0.2) is 4.79 Å². The van der Waals surface area contributed by atoms with Gasteiger partial charge in [0.1, 0.15) is 41.2 Å². The van der Waals surface area contributed by atoms with Crippen molar-refractivity contribution in [3.63, 3.8) is 0 Å². The summed E-state index contributed by atoms with van der Waals surface area (Å²) in [7, 11) is 0. The molecule has 0 aliphatic heterocycles. The maximum Gasteiger partial charge on any atom is 0.339 e. The van der Waals surface area contributed by atoms with Crippen molar-refractivity contribution in [2.75, 3.05) is 16.4 Å². The second kappa shape index (κ2) is 21.0. The Bertz CT molecular complexity index is 2620. The van der Waals surface area contributed by atoms with E-state index in [2.05, 4.69) is 15.6 Å². The smallest absolute Gasteiger partial charge is 0.339 e. The van der Waals surface area contributed by atoms with Crippen molar-refractivity contribution in [3.8, 4) is 0 Å². The van der Waals surface area contributed by atoms with Gasteiger partial charge >= 0.3 is 5.97 Å². The van der Waals surface area contributed by atoms with Crippen molar-refractivity contribution in [2.45, 2.75) is 78.6 Å². The number of nitrogens with two attached hydrogens (primary N) is 1. The molecule has 6 aromatic rings. The zero-order valence-corrected chi connectivity index (χ0v) is 36.1. The van der Waals surface area contributed by atoms with Crippen molar-refractivity contribution in [2.24, 2.45) is 0 Å². The number of anilines is 3. The van der Waals surface area contributed by atoms with E-state index in [1.807, 2.05) is 93.6 Å². The van der Waals surface area contributed by atoms with E-state index >= 15 is 0 Å². The summed E-state index contributed by atoms with van der Waals surface area (Å²) in [5, 5.41) is 14.2. The Morgan fingerprint density at radius 2 is 0.954 bits per heavy atom. The predicted molar refractivity (Wildman–Crippen MR) is 241 cm³/mol. The van der Waals surface area contributed by atoms with E-state index in [9.17, 15) is 38.4 Å². The first-order chi connectivity index (χ1) is 31.1. The van der Waals surface area contributed by atoms with Crippen LogP contribution in [0, 0.1) is 20.8 Å². The van der Waals surface area contributed by atoms with Crippen LogP contribution >= 0.6 is 0 Å². The molecule has 3 aromatic heterocycles. The summed E-state index contributed by atoms with van der Waals surface area (Å²) in [5.74, 6) is -0.401. The summed E-state index contributed by atoms with van der Waals surface area (Å²) in [6.45, 7) is 6.01. The van der Waals surface area contributed by atoms with Crippen molar-refractivity contribution < 1.29 is 52.3 Å². The fraction of sp³-hybridized carbons (Fsp3) is 0.240. The molecule has 0 atom stereocenters. The molecule has 1 saturated carbocycles. The molecule has 2 amide bonds. The lowest BCUT2D eigenvalue weighted by atomic mass is 10.1. The lowest BCUT2D eigenvalue weighted by Gasteiger charge is -2.05. The molecule has 6 N–H and O–H groups in total. The van der Waals surface area contributed by atoms with Crippen LogP contribution in [0.4, 0.5) is 17.1 Å². The van der Waals surface area contributed by atoms with Crippen molar-refractivity contribution >= 4 is 63.8 Å². The summed E-state index contributed by atoms with van der Waals surface area (Å²) in [4.78, 5) is 92.9. The molecule has 0 spiro atoms. The van der Waals surface area contributed by atoms with Gasteiger partial charge in [0.05, 0.1) is 34.2 Å². The van der Waals surface area contributed by atoms with Crippen LogP contribution in [-0.2, 0) is 28.9 Å². The van der Waals surface area contributed by atoms with Gasteiger partial charge in [0.15, 0.2) is 17.3 Å². The maximum atomic E-state index is 12.2. The number of furan rings is 2. The van der Waals surface area contributed by atoms with Crippen molar-refractivity contribution in [1.82, 2.24) is 4.98 Å². The molecule has 65 heavy (non-hydrogen) atoms. The number of carboxylic acid groups (broad SMARTS) is 1. The third-order valence-electron chi connectivity index (χ3n) is 10.8. The van der Waals surface area contributed by atoms with Crippen LogP contribution in [0.15, 0.2) is 100 Å². The average Bonchev–Trinajstić information content (AvgIpc) is 4.15. The van der Waals surface area contributed by atoms with Crippen LogP contribution in [0.2, 0.25) is 0 Å². The van der Waals surface area contributed by atoms with Crippen molar-refractivity contribution in [1.29, 1.82) is 0 Å². The molecule has 4 aliphatic rings. The number of aryl methyl sites for hydroxylation is 6. The molecule has 3 aromatic carbocycles. The average molecular weight is 881 g/mol. The fourth-order valence-electron chi connectivity index (χ4n) is 7.24. The molecular formula is C50H48N4O11. The van der Waals surface area contributed by atoms with E-state index in [0.717, 1.165) is 34.5 Å². The number of nitrogen functional groups attached to an aromatic ring is 1. The molecule has 0 bridgehead atoms. The lowest BCUT2D eigenvalue weighted by Crippen LogP contribution is -2.14. The minimum absolute atomic E-state index is 0.00694. The summed E-state index contributed by atoms with van der Waals surface area (Å²) >= 11 is 0. The minimum atomic E-state index is -1.10. The molecule has 0 saturated heterocycles. The number of nitrogens with one attached hydrogen (secondary N) is 3. The molecule has 15 nitrogen and oxygen atoms in total. The highest BCUT2D eigenvalue weighted by Crippen LogP contribution is 2.29. The van der Waals surface area contributed by atoms with Gasteiger partial charge in [-0.05, 0) is 63.6 Å². The second-order valence-corrected chi connectivity index (χ2v) is 15.8. The minimum Gasteiger partial charge on any atom is -0.478 e. The van der Waals surface area contributed by atoms with E-state index in [1.54, 1.807) is 6.20 Å². The first-order valence-corrected chi connectivity index (χ1v) is 20.9. The highest BCUT2D eigenvalue weighted by atomic mass is 16.4. The van der Waals surface area contributed by atoms with Crippen molar-refractivity contribution in [3.05, 3.63) is 159 Å². The Balaban J connectivity index is 0.000000142. The zero-order chi connectivity index (χ0) is 46.8. The van der Waals surface area contributed by atoms with Gasteiger partial charge < -0.3 is 35.3 Å². The van der Waals surface area contributed by atoms with Gasteiger partial charge in [0.25, 0.3) is 11.8 Å². The number of H-pyrrole nitrogens is 1. The quantitative estimate of drug-likeness (QED) is 0.0806. The molecule has 15 heteroatoms. The standard InChI is InChI=1S/C15H14N2O2.C15H13NO3.C8H6O4.C7H9N.C5H6O2/c1-9-2-4-10(5-3-9)17-15(19)11-8-16-12-6-7-13(18)14(11)12;1-9-2-4-10(5-3-9)16-15(18)11-8-19-13-7-6-12(17)14(11)13;9-5-1-2-6-7(5)4(3-12-6)8(10)11;1-6-2-4-7(8)5-3-6;6-4-1-2-5(7)3-4/h2-5,8,16H,6-7H2,1H3,(H,17,19);2-5,8H,6-7H2,1H3,(H,16,18);3H,1-2H2,(H,10,11);2-5H,8H2,1H3;1-3H2. The summed E-state index contributed by atoms with van der Waals surface area (Å²) in [6.07, 6.45) is 8.39. The SMILES string of the molecule is Cc1ccc(N)cc1.Cc1ccc(NC(=O)c2c[nH]c3c2C(=O)CC3)cc1.Cc1ccc(NC(=O)c2coc3c2C(=O)CC3)cc1.O=C(O)c1coc2c1C(=O)CC2.O=C1CCC(=O)C1. The molecule has 334 valence electrons. The molecule has 10 rings (SSSR count). The van der Waals surface area contributed by atoms with Crippen LogP contribution < -0.4 is 16.4 Å². The van der Waals surface area contributed by atoms with Gasteiger partial charge in [-0.15, -0.1) is 0 Å². The molecular weight excluding hydrogens is 833 g/mol. The number of fused-ring (bicyclic) bond motifs is 3. The van der Waals surface area contributed by atoms with Crippen LogP contribution in [0.5, 0.6) is 0 Å². The number of benzene rings is 3. The molecule has 0 unspecified atom stereocenters.